The molecule has 0 saturated heterocycles. The molecule has 0 saturated carbocycles. The van der Waals surface area contributed by atoms with Crippen LogP contribution in [-0.2, 0) is 6.54 Å². The van der Waals surface area contributed by atoms with Gasteiger partial charge < -0.3 is 19.7 Å². The molecule has 0 bridgehead atoms. The molecule has 0 unspecified atom stereocenters. The SMILES string of the molecule is COc1cc(CNC(=O)c2cccc(N(C)C)c2)cc(OC)c1. The summed E-state index contributed by atoms with van der Waals surface area (Å²) in [6, 6.07) is 13.0. The predicted molar refractivity (Wildman–Crippen MR) is 91.5 cm³/mol. The lowest BCUT2D eigenvalue weighted by Crippen LogP contribution is -2.23. The molecular weight excluding hydrogens is 292 g/mol. The average Bonchev–Trinajstić information content (AvgIpc) is 2.59. The molecule has 0 atom stereocenters. The Bertz CT molecular complexity index is 661. The smallest absolute Gasteiger partial charge is 0.251 e. The molecule has 0 heterocycles. The van der Waals surface area contributed by atoms with E-state index in [4.69, 9.17) is 9.47 Å². The minimum atomic E-state index is -0.115. The summed E-state index contributed by atoms with van der Waals surface area (Å²) in [6.45, 7) is 0.401. The van der Waals surface area contributed by atoms with Gasteiger partial charge in [-0.3, -0.25) is 4.79 Å². The number of hydrogen-bond acceptors (Lipinski definition) is 4. The first-order valence-corrected chi connectivity index (χ1v) is 7.31. The van der Waals surface area contributed by atoms with Crippen LogP contribution in [0, 0.1) is 0 Å². The molecule has 1 amide bonds. The number of carbonyl (C=O) groups excluding carboxylic acids is 1. The van der Waals surface area contributed by atoms with Crippen molar-refractivity contribution >= 4 is 11.6 Å². The fraction of sp³-hybridized carbons (Fsp3) is 0.278. The lowest BCUT2D eigenvalue weighted by atomic mass is 10.1. The number of amides is 1. The first-order valence-electron chi connectivity index (χ1n) is 7.31. The Morgan fingerprint density at radius 3 is 2.26 bits per heavy atom. The van der Waals surface area contributed by atoms with Gasteiger partial charge in [0.2, 0.25) is 0 Å². The first-order chi connectivity index (χ1) is 11.0. The highest BCUT2D eigenvalue weighted by atomic mass is 16.5. The second-order valence-electron chi connectivity index (χ2n) is 5.35. The van der Waals surface area contributed by atoms with Crippen molar-refractivity contribution in [1.29, 1.82) is 0 Å². The van der Waals surface area contributed by atoms with Crippen LogP contribution in [0.25, 0.3) is 0 Å². The molecule has 122 valence electrons. The number of nitrogens with zero attached hydrogens (tertiary/aromatic N) is 1. The lowest BCUT2D eigenvalue weighted by molar-refractivity contribution is 0.0951. The Morgan fingerprint density at radius 1 is 1.04 bits per heavy atom. The van der Waals surface area contributed by atoms with Gasteiger partial charge in [-0.2, -0.15) is 0 Å². The fourth-order valence-electron chi connectivity index (χ4n) is 2.18. The van der Waals surface area contributed by atoms with Crippen LogP contribution in [0.4, 0.5) is 5.69 Å². The third-order valence-electron chi connectivity index (χ3n) is 3.49. The Morgan fingerprint density at radius 2 is 1.70 bits per heavy atom. The quantitative estimate of drug-likeness (QED) is 0.891. The van der Waals surface area contributed by atoms with E-state index in [1.807, 2.05) is 49.3 Å². The fourth-order valence-corrected chi connectivity index (χ4v) is 2.18. The van der Waals surface area contributed by atoms with Gasteiger partial charge in [0.1, 0.15) is 11.5 Å². The van der Waals surface area contributed by atoms with E-state index in [-0.39, 0.29) is 5.91 Å². The van der Waals surface area contributed by atoms with E-state index in [0.29, 0.717) is 23.6 Å². The molecule has 0 aliphatic carbocycles. The van der Waals surface area contributed by atoms with Crippen LogP contribution in [0.5, 0.6) is 11.5 Å². The average molecular weight is 314 g/mol. The number of anilines is 1. The minimum absolute atomic E-state index is 0.115. The second-order valence-corrected chi connectivity index (χ2v) is 5.35. The molecule has 0 spiro atoms. The van der Waals surface area contributed by atoms with E-state index in [1.54, 1.807) is 26.4 Å². The van der Waals surface area contributed by atoms with E-state index in [0.717, 1.165) is 11.3 Å². The maximum atomic E-state index is 12.3. The largest absolute Gasteiger partial charge is 0.497 e. The van der Waals surface area contributed by atoms with Crippen LogP contribution in [-0.4, -0.2) is 34.2 Å². The van der Waals surface area contributed by atoms with E-state index in [2.05, 4.69) is 5.32 Å². The second kappa shape index (κ2) is 7.54. The molecule has 2 rings (SSSR count). The summed E-state index contributed by atoms with van der Waals surface area (Å²) < 4.78 is 10.5. The molecule has 5 nitrogen and oxygen atoms in total. The van der Waals surface area contributed by atoms with E-state index in [1.165, 1.54) is 0 Å². The van der Waals surface area contributed by atoms with Crippen LogP contribution in [0.1, 0.15) is 15.9 Å². The number of carbonyl (C=O) groups is 1. The highest BCUT2D eigenvalue weighted by Gasteiger charge is 2.08. The number of hydrogen-bond donors (Lipinski definition) is 1. The Hall–Kier alpha value is -2.69. The van der Waals surface area contributed by atoms with E-state index in [9.17, 15) is 4.79 Å². The van der Waals surface area contributed by atoms with Crippen molar-refractivity contribution in [1.82, 2.24) is 5.32 Å². The highest BCUT2D eigenvalue weighted by molar-refractivity contribution is 5.95. The molecule has 0 radical (unpaired) electrons. The van der Waals surface area contributed by atoms with Gasteiger partial charge in [0.25, 0.3) is 5.91 Å². The van der Waals surface area contributed by atoms with Gasteiger partial charge in [-0.15, -0.1) is 0 Å². The summed E-state index contributed by atoms with van der Waals surface area (Å²) in [5, 5.41) is 2.92. The van der Waals surface area contributed by atoms with Crippen molar-refractivity contribution in [3.63, 3.8) is 0 Å². The predicted octanol–water partition coefficient (Wildman–Crippen LogP) is 2.70. The van der Waals surface area contributed by atoms with Crippen LogP contribution >= 0.6 is 0 Å². The zero-order chi connectivity index (χ0) is 16.8. The zero-order valence-electron chi connectivity index (χ0n) is 13.9. The van der Waals surface area contributed by atoms with Crippen molar-refractivity contribution in [3.05, 3.63) is 53.6 Å². The number of ether oxygens (including phenoxy) is 2. The van der Waals surface area contributed by atoms with Crippen LogP contribution in [0.15, 0.2) is 42.5 Å². The van der Waals surface area contributed by atoms with Crippen LogP contribution < -0.4 is 19.7 Å². The van der Waals surface area contributed by atoms with Crippen LogP contribution in [0.2, 0.25) is 0 Å². The molecule has 0 aliphatic heterocycles. The van der Waals surface area contributed by atoms with Crippen LogP contribution in [0.3, 0.4) is 0 Å². The summed E-state index contributed by atoms with van der Waals surface area (Å²) in [6.07, 6.45) is 0. The molecule has 0 aromatic heterocycles. The van der Waals surface area contributed by atoms with Crippen molar-refractivity contribution in [2.75, 3.05) is 33.2 Å². The van der Waals surface area contributed by atoms with Crippen molar-refractivity contribution in [2.45, 2.75) is 6.54 Å². The third kappa shape index (κ3) is 4.39. The topological polar surface area (TPSA) is 50.8 Å². The molecule has 0 aliphatic rings. The van der Waals surface area contributed by atoms with Gasteiger partial charge in [-0.1, -0.05) is 6.07 Å². The molecular formula is C18H22N2O3. The molecule has 1 N–H and O–H groups in total. The molecule has 5 heteroatoms. The number of methoxy groups -OCH3 is 2. The monoisotopic (exact) mass is 314 g/mol. The maximum absolute atomic E-state index is 12.3. The zero-order valence-corrected chi connectivity index (χ0v) is 13.9. The molecule has 23 heavy (non-hydrogen) atoms. The van der Waals surface area contributed by atoms with Gasteiger partial charge in [0.05, 0.1) is 14.2 Å². The number of benzene rings is 2. The molecule has 0 fully saturated rings. The van der Waals surface area contributed by atoms with Gasteiger partial charge in [0, 0.05) is 38.0 Å². The summed E-state index contributed by atoms with van der Waals surface area (Å²) in [5.41, 5.74) is 2.53. The number of rotatable bonds is 6. The lowest BCUT2D eigenvalue weighted by Gasteiger charge is -2.14. The normalized spacial score (nSPS) is 10.1. The van der Waals surface area contributed by atoms with Crippen molar-refractivity contribution in [3.8, 4) is 11.5 Å². The highest BCUT2D eigenvalue weighted by Crippen LogP contribution is 2.22. The van der Waals surface area contributed by atoms with Gasteiger partial charge in [0.15, 0.2) is 0 Å². The summed E-state index contributed by atoms with van der Waals surface area (Å²) >= 11 is 0. The van der Waals surface area contributed by atoms with Gasteiger partial charge in [-0.05, 0) is 35.9 Å². The Labute approximate surface area is 136 Å². The maximum Gasteiger partial charge on any atom is 0.251 e. The van der Waals surface area contributed by atoms with Gasteiger partial charge in [-0.25, -0.2) is 0 Å². The van der Waals surface area contributed by atoms with E-state index < -0.39 is 0 Å². The summed E-state index contributed by atoms with van der Waals surface area (Å²) in [4.78, 5) is 14.3. The minimum Gasteiger partial charge on any atom is -0.497 e. The summed E-state index contributed by atoms with van der Waals surface area (Å²) in [5.74, 6) is 1.28. The summed E-state index contributed by atoms with van der Waals surface area (Å²) in [7, 11) is 7.09. The number of nitrogens with one attached hydrogen (secondary N) is 1. The molecule has 2 aromatic carbocycles. The Balaban J connectivity index is 2.08. The van der Waals surface area contributed by atoms with Crippen molar-refractivity contribution < 1.29 is 14.3 Å². The third-order valence-corrected chi connectivity index (χ3v) is 3.49. The van der Waals surface area contributed by atoms with E-state index >= 15 is 0 Å². The van der Waals surface area contributed by atoms with Crippen molar-refractivity contribution in [2.24, 2.45) is 0 Å². The molecule has 2 aromatic rings. The Kier molecular flexibility index (Phi) is 5.46. The first kappa shape index (κ1) is 16.7. The van der Waals surface area contributed by atoms with Gasteiger partial charge >= 0.3 is 0 Å². The standard InChI is InChI=1S/C18H22N2O3/c1-20(2)15-7-5-6-14(10-15)18(21)19-12-13-8-16(22-3)11-17(9-13)23-4/h5-11H,12H2,1-4H3,(H,19,21).